The highest BCUT2D eigenvalue weighted by Crippen LogP contribution is 2.20. The topological polar surface area (TPSA) is 90.5 Å². The number of rotatable bonds is 4. The van der Waals surface area contributed by atoms with Crippen molar-refractivity contribution in [3.05, 3.63) is 72.5 Å². The van der Waals surface area contributed by atoms with Crippen LogP contribution in [-0.4, -0.2) is 35.2 Å². The van der Waals surface area contributed by atoms with Gasteiger partial charge in [0, 0.05) is 25.0 Å². The van der Waals surface area contributed by atoms with Crippen molar-refractivity contribution in [2.75, 3.05) is 5.32 Å². The molecule has 3 heterocycles. The summed E-state index contributed by atoms with van der Waals surface area (Å²) in [5.41, 5.74) is 2.11. The number of hydrogen-bond acceptors (Lipinski definition) is 5. The standard InChI is InChI=1S/C19H16FN7O/c1-12-21-7-8-27(12)19-22-10-15(11-23-19)24-18(28)17-9-16(25-26(17)2)13-3-5-14(20)6-4-13/h3-11H,1-2H3,(H,24,28). The lowest BCUT2D eigenvalue weighted by Gasteiger charge is -2.06. The second-order valence-corrected chi connectivity index (χ2v) is 6.12. The van der Waals surface area contributed by atoms with Gasteiger partial charge in [0.15, 0.2) is 0 Å². The molecule has 4 aromatic rings. The predicted molar refractivity (Wildman–Crippen MR) is 100 cm³/mol. The first-order valence-corrected chi connectivity index (χ1v) is 8.45. The number of amides is 1. The third-order valence-corrected chi connectivity index (χ3v) is 4.19. The van der Waals surface area contributed by atoms with Crippen molar-refractivity contribution < 1.29 is 9.18 Å². The zero-order valence-corrected chi connectivity index (χ0v) is 15.2. The number of aryl methyl sites for hydroxylation is 2. The van der Waals surface area contributed by atoms with Gasteiger partial charge in [0.1, 0.15) is 17.3 Å². The van der Waals surface area contributed by atoms with Gasteiger partial charge in [0.05, 0.1) is 23.8 Å². The highest BCUT2D eigenvalue weighted by molar-refractivity contribution is 6.03. The molecular weight excluding hydrogens is 361 g/mol. The van der Waals surface area contributed by atoms with Crippen LogP contribution in [0.15, 0.2) is 55.1 Å². The van der Waals surface area contributed by atoms with Gasteiger partial charge < -0.3 is 5.32 Å². The van der Waals surface area contributed by atoms with Crippen molar-refractivity contribution in [3.63, 3.8) is 0 Å². The maximum absolute atomic E-state index is 13.1. The van der Waals surface area contributed by atoms with Gasteiger partial charge in [-0.25, -0.2) is 19.3 Å². The van der Waals surface area contributed by atoms with Crippen LogP contribution < -0.4 is 5.32 Å². The first kappa shape index (κ1) is 17.5. The number of aromatic nitrogens is 6. The molecule has 0 bridgehead atoms. The minimum absolute atomic E-state index is 0.327. The van der Waals surface area contributed by atoms with Gasteiger partial charge in [-0.3, -0.25) is 14.0 Å². The molecule has 0 spiro atoms. The molecule has 0 unspecified atom stereocenters. The largest absolute Gasteiger partial charge is 0.318 e. The maximum atomic E-state index is 13.1. The van der Waals surface area contributed by atoms with Gasteiger partial charge in [-0.15, -0.1) is 0 Å². The highest BCUT2D eigenvalue weighted by Gasteiger charge is 2.15. The third kappa shape index (κ3) is 3.37. The number of hydrogen-bond donors (Lipinski definition) is 1. The molecular formula is C19H16FN7O. The highest BCUT2D eigenvalue weighted by atomic mass is 19.1. The van der Waals surface area contributed by atoms with Crippen LogP contribution in [0.3, 0.4) is 0 Å². The molecule has 1 aromatic carbocycles. The summed E-state index contributed by atoms with van der Waals surface area (Å²) >= 11 is 0. The van der Waals surface area contributed by atoms with E-state index < -0.39 is 0 Å². The number of carbonyl (C=O) groups is 1. The Balaban J connectivity index is 1.52. The number of benzene rings is 1. The summed E-state index contributed by atoms with van der Waals surface area (Å²) in [4.78, 5) is 25.2. The molecule has 0 saturated heterocycles. The quantitative estimate of drug-likeness (QED) is 0.591. The smallest absolute Gasteiger partial charge is 0.274 e. The van der Waals surface area contributed by atoms with Crippen LogP contribution in [0.5, 0.6) is 0 Å². The van der Waals surface area contributed by atoms with Crippen molar-refractivity contribution in [2.24, 2.45) is 7.05 Å². The van der Waals surface area contributed by atoms with Gasteiger partial charge in [-0.1, -0.05) is 0 Å². The van der Waals surface area contributed by atoms with Crippen LogP contribution in [-0.2, 0) is 7.05 Å². The maximum Gasteiger partial charge on any atom is 0.274 e. The van der Waals surface area contributed by atoms with Gasteiger partial charge in [0.25, 0.3) is 5.91 Å². The van der Waals surface area contributed by atoms with E-state index >= 15 is 0 Å². The van der Waals surface area contributed by atoms with E-state index in [1.54, 1.807) is 42.2 Å². The zero-order valence-electron chi connectivity index (χ0n) is 15.2. The van der Waals surface area contributed by atoms with Crippen molar-refractivity contribution in [3.8, 4) is 17.2 Å². The zero-order chi connectivity index (χ0) is 19.7. The average molecular weight is 377 g/mol. The first-order chi connectivity index (χ1) is 13.5. The number of nitrogens with one attached hydrogen (secondary N) is 1. The molecule has 0 fully saturated rings. The van der Waals surface area contributed by atoms with Crippen LogP contribution in [0.1, 0.15) is 16.3 Å². The molecule has 0 aliphatic rings. The lowest BCUT2D eigenvalue weighted by molar-refractivity contribution is 0.101. The van der Waals surface area contributed by atoms with E-state index in [9.17, 15) is 9.18 Å². The van der Waals surface area contributed by atoms with Gasteiger partial charge in [-0.2, -0.15) is 5.10 Å². The van der Waals surface area contributed by atoms with E-state index in [1.165, 1.54) is 29.2 Å². The summed E-state index contributed by atoms with van der Waals surface area (Å²) in [5, 5.41) is 7.07. The SMILES string of the molecule is Cc1nccn1-c1ncc(NC(=O)c2cc(-c3ccc(F)cc3)nn2C)cn1. The number of halogens is 1. The fourth-order valence-electron chi connectivity index (χ4n) is 2.74. The van der Waals surface area contributed by atoms with Crippen LogP contribution in [0.2, 0.25) is 0 Å². The van der Waals surface area contributed by atoms with E-state index in [4.69, 9.17) is 0 Å². The minimum Gasteiger partial charge on any atom is -0.318 e. The molecule has 4 rings (SSSR count). The normalized spacial score (nSPS) is 10.8. The fraction of sp³-hybridized carbons (Fsp3) is 0.105. The molecule has 0 aliphatic heterocycles. The summed E-state index contributed by atoms with van der Waals surface area (Å²) in [7, 11) is 1.67. The van der Waals surface area contributed by atoms with E-state index in [1.807, 2.05) is 6.92 Å². The number of imidazole rings is 1. The Morgan fingerprint density at radius 1 is 1.11 bits per heavy atom. The molecule has 0 atom stereocenters. The summed E-state index contributed by atoms with van der Waals surface area (Å²) in [5.74, 6) is 0.553. The molecule has 1 amide bonds. The molecule has 0 radical (unpaired) electrons. The van der Waals surface area contributed by atoms with Gasteiger partial charge in [-0.05, 0) is 37.3 Å². The van der Waals surface area contributed by atoms with Gasteiger partial charge >= 0.3 is 0 Å². The van der Waals surface area contributed by atoms with E-state index in [0.717, 1.165) is 11.4 Å². The summed E-state index contributed by atoms with van der Waals surface area (Å²) in [6.07, 6.45) is 6.47. The molecule has 0 aliphatic carbocycles. The third-order valence-electron chi connectivity index (χ3n) is 4.19. The van der Waals surface area contributed by atoms with E-state index in [2.05, 4.69) is 25.4 Å². The van der Waals surface area contributed by atoms with Crippen molar-refractivity contribution >= 4 is 11.6 Å². The Hall–Kier alpha value is -3.88. The molecule has 8 nitrogen and oxygen atoms in total. The number of anilines is 1. The Kier molecular flexibility index (Phi) is 4.40. The van der Waals surface area contributed by atoms with Crippen LogP contribution in [0, 0.1) is 12.7 Å². The number of nitrogens with zero attached hydrogens (tertiary/aromatic N) is 6. The molecule has 3 aromatic heterocycles. The molecule has 28 heavy (non-hydrogen) atoms. The van der Waals surface area contributed by atoms with E-state index in [0.29, 0.717) is 23.0 Å². The van der Waals surface area contributed by atoms with Crippen molar-refractivity contribution in [1.29, 1.82) is 0 Å². The summed E-state index contributed by atoms with van der Waals surface area (Å²) in [6, 6.07) is 7.58. The lowest BCUT2D eigenvalue weighted by atomic mass is 10.1. The van der Waals surface area contributed by atoms with E-state index in [-0.39, 0.29) is 11.7 Å². The molecule has 140 valence electrons. The summed E-state index contributed by atoms with van der Waals surface area (Å²) < 4.78 is 16.3. The monoisotopic (exact) mass is 377 g/mol. The number of carbonyl (C=O) groups excluding carboxylic acids is 1. The van der Waals surface area contributed by atoms with Crippen molar-refractivity contribution in [1.82, 2.24) is 29.3 Å². The lowest BCUT2D eigenvalue weighted by Crippen LogP contribution is -2.16. The minimum atomic E-state index is -0.349. The second kappa shape index (κ2) is 7.03. The summed E-state index contributed by atoms with van der Waals surface area (Å²) in [6.45, 7) is 1.85. The Bertz CT molecular complexity index is 1130. The molecule has 0 saturated carbocycles. The van der Waals surface area contributed by atoms with Crippen LogP contribution in [0.4, 0.5) is 10.1 Å². The van der Waals surface area contributed by atoms with Crippen LogP contribution >= 0.6 is 0 Å². The molecule has 1 N–H and O–H groups in total. The fourth-order valence-corrected chi connectivity index (χ4v) is 2.74. The Labute approximate surface area is 159 Å². The molecule has 9 heteroatoms. The first-order valence-electron chi connectivity index (χ1n) is 8.45. The average Bonchev–Trinajstić information content (AvgIpc) is 3.29. The Morgan fingerprint density at radius 3 is 2.46 bits per heavy atom. The second-order valence-electron chi connectivity index (χ2n) is 6.12. The van der Waals surface area contributed by atoms with Gasteiger partial charge in [0.2, 0.25) is 5.95 Å². The predicted octanol–water partition coefficient (Wildman–Crippen LogP) is 2.76. The van der Waals surface area contributed by atoms with Crippen molar-refractivity contribution in [2.45, 2.75) is 6.92 Å². The Morgan fingerprint density at radius 2 is 1.82 bits per heavy atom. The van der Waals surface area contributed by atoms with Crippen LogP contribution in [0.25, 0.3) is 17.2 Å².